The van der Waals surface area contributed by atoms with Crippen LogP contribution in [-0.4, -0.2) is 62.5 Å². The Morgan fingerprint density at radius 3 is 2.38 bits per heavy atom. The topological polar surface area (TPSA) is 97.9 Å². The van der Waals surface area contributed by atoms with E-state index in [2.05, 4.69) is 51.4 Å². The molecule has 2 fully saturated rings. The van der Waals surface area contributed by atoms with E-state index in [9.17, 15) is 13.2 Å². The van der Waals surface area contributed by atoms with Gasteiger partial charge in [0.15, 0.2) is 0 Å². The van der Waals surface area contributed by atoms with E-state index in [4.69, 9.17) is 0 Å². The average molecular weight is 510 g/mol. The molecule has 5 heterocycles. The summed E-state index contributed by atoms with van der Waals surface area (Å²) in [5, 5.41) is 6.13. The number of nitrogens with one attached hydrogen (secondary N) is 3. The van der Waals surface area contributed by atoms with Gasteiger partial charge >= 0.3 is 6.18 Å². The summed E-state index contributed by atoms with van der Waals surface area (Å²) >= 11 is 0. The molecule has 12 heteroatoms. The molecule has 0 bridgehead atoms. The minimum absolute atomic E-state index is 0.391. The van der Waals surface area contributed by atoms with Crippen molar-refractivity contribution in [2.24, 2.45) is 5.92 Å². The Morgan fingerprint density at radius 2 is 1.70 bits per heavy atom. The number of fused-ring (bicyclic) bond motifs is 1. The Morgan fingerprint density at radius 1 is 0.892 bits per heavy atom. The van der Waals surface area contributed by atoms with Gasteiger partial charge in [-0.15, -0.1) is 0 Å². The lowest BCUT2D eigenvalue weighted by molar-refractivity contribution is -0.141. The number of imidazole rings is 1. The molecule has 1 saturated heterocycles. The zero-order chi connectivity index (χ0) is 25.4. The summed E-state index contributed by atoms with van der Waals surface area (Å²) in [5.41, 5.74) is 1.90. The van der Waals surface area contributed by atoms with E-state index in [1.165, 1.54) is 25.5 Å². The van der Waals surface area contributed by atoms with Crippen LogP contribution in [0.1, 0.15) is 18.5 Å². The highest BCUT2D eigenvalue weighted by Gasteiger charge is 2.32. The highest BCUT2D eigenvalue weighted by molar-refractivity contribution is 5.80. The molecule has 1 saturated carbocycles. The highest BCUT2D eigenvalue weighted by Crippen LogP contribution is 2.31. The molecule has 0 radical (unpaired) electrons. The fourth-order valence-corrected chi connectivity index (χ4v) is 4.44. The summed E-state index contributed by atoms with van der Waals surface area (Å²) < 4.78 is 38.1. The second-order valence-electron chi connectivity index (χ2n) is 9.48. The second-order valence-corrected chi connectivity index (χ2v) is 9.48. The highest BCUT2D eigenvalue weighted by atomic mass is 19.4. The van der Waals surface area contributed by atoms with Crippen LogP contribution < -0.4 is 15.5 Å². The summed E-state index contributed by atoms with van der Waals surface area (Å²) in [6.07, 6.45) is 2.90. The lowest BCUT2D eigenvalue weighted by Crippen LogP contribution is -2.47. The van der Waals surface area contributed by atoms with Crippen LogP contribution >= 0.6 is 0 Å². The van der Waals surface area contributed by atoms with Crippen molar-refractivity contribution in [2.75, 3.05) is 48.3 Å². The van der Waals surface area contributed by atoms with Gasteiger partial charge in [-0.05, 0) is 43.0 Å². The maximum Gasteiger partial charge on any atom is 0.433 e. The molecule has 3 N–H and O–H groups in total. The van der Waals surface area contributed by atoms with Gasteiger partial charge in [0.25, 0.3) is 0 Å². The average Bonchev–Trinajstić information content (AvgIpc) is 3.61. The van der Waals surface area contributed by atoms with E-state index < -0.39 is 11.9 Å². The first-order valence-corrected chi connectivity index (χ1v) is 12.3. The van der Waals surface area contributed by atoms with E-state index in [1.54, 1.807) is 12.3 Å². The molecule has 2 aliphatic rings. The number of halogens is 3. The largest absolute Gasteiger partial charge is 0.433 e. The molecular weight excluding hydrogens is 483 g/mol. The molecular formula is C25H26F3N9. The molecule has 0 amide bonds. The summed E-state index contributed by atoms with van der Waals surface area (Å²) in [5.74, 6) is 2.54. The Hall–Kier alpha value is -3.93. The second kappa shape index (κ2) is 9.51. The van der Waals surface area contributed by atoms with Crippen LogP contribution in [0.3, 0.4) is 0 Å². The molecule has 1 aliphatic heterocycles. The monoisotopic (exact) mass is 509 g/mol. The van der Waals surface area contributed by atoms with Gasteiger partial charge in [-0.25, -0.2) is 19.9 Å². The molecule has 0 atom stereocenters. The maximum atomic E-state index is 12.7. The number of anilines is 5. The van der Waals surface area contributed by atoms with Crippen LogP contribution in [0.2, 0.25) is 0 Å². The minimum Gasteiger partial charge on any atom is -0.368 e. The first-order valence-electron chi connectivity index (χ1n) is 12.3. The number of hydrogen-bond donors (Lipinski definition) is 3. The first kappa shape index (κ1) is 23.5. The Labute approximate surface area is 211 Å². The van der Waals surface area contributed by atoms with Crippen LogP contribution in [0, 0.1) is 5.92 Å². The maximum absolute atomic E-state index is 12.7. The van der Waals surface area contributed by atoms with Crippen molar-refractivity contribution in [2.45, 2.75) is 19.0 Å². The van der Waals surface area contributed by atoms with Gasteiger partial charge in [0.05, 0.1) is 41.0 Å². The van der Waals surface area contributed by atoms with Crippen LogP contribution in [-0.2, 0) is 6.18 Å². The lowest BCUT2D eigenvalue weighted by Gasteiger charge is -2.36. The molecule has 0 spiro atoms. The molecule has 37 heavy (non-hydrogen) atoms. The van der Waals surface area contributed by atoms with Gasteiger partial charge in [-0.2, -0.15) is 13.2 Å². The van der Waals surface area contributed by atoms with Gasteiger partial charge in [0.2, 0.25) is 5.95 Å². The summed E-state index contributed by atoms with van der Waals surface area (Å²) in [7, 11) is 0. The molecule has 0 aromatic carbocycles. The molecule has 0 unspecified atom stereocenters. The molecule has 6 rings (SSSR count). The van der Waals surface area contributed by atoms with Crippen LogP contribution in [0.4, 0.5) is 42.1 Å². The van der Waals surface area contributed by atoms with Gasteiger partial charge < -0.3 is 20.5 Å². The van der Waals surface area contributed by atoms with Crippen molar-refractivity contribution >= 4 is 40.0 Å². The van der Waals surface area contributed by atoms with Gasteiger partial charge in [0.1, 0.15) is 17.3 Å². The number of nitrogens with zero attached hydrogens (tertiary/aromatic N) is 6. The SMILES string of the molecule is FC(F)(F)c1ccc(Nc2cc3nc(Nc4ccc(N5CCN(CC6CC6)CC5)cn4)[nH]c3cn2)cn1. The first-order chi connectivity index (χ1) is 17.9. The van der Waals surface area contributed by atoms with Crippen LogP contribution in [0.15, 0.2) is 48.9 Å². The third-order valence-electron chi connectivity index (χ3n) is 6.64. The molecule has 1 aliphatic carbocycles. The Balaban J connectivity index is 1.07. The summed E-state index contributed by atoms with van der Waals surface area (Å²) in [6.45, 7) is 5.45. The fourth-order valence-electron chi connectivity index (χ4n) is 4.44. The number of hydrogen-bond acceptors (Lipinski definition) is 8. The minimum atomic E-state index is -4.48. The zero-order valence-electron chi connectivity index (χ0n) is 20.0. The van der Waals surface area contributed by atoms with Crippen molar-refractivity contribution in [1.82, 2.24) is 29.8 Å². The van der Waals surface area contributed by atoms with Gasteiger partial charge in [-0.1, -0.05) is 0 Å². The van der Waals surface area contributed by atoms with E-state index in [-0.39, 0.29) is 0 Å². The van der Waals surface area contributed by atoms with E-state index in [0.29, 0.717) is 34.3 Å². The predicted molar refractivity (Wildman–Crippen MR) is 135 cm³/mol. The number of aromatic amines is 1. The van der Waals surface area contributed by atoms with Gasteiger partial charge in [-0.3, -0.25) is 4.90 Å². The third kappa shape index (κ3) is 5.58. The normalized spacial score (nSPS) is 16.8. The Kier molecular flexibility index (Phi) is 6.03. The number of aromatic nitrogens is 5. The number of H-pyrrole nitrogens is 1. The quantitative estimate of drug-likeness (QED) is 0.327. The molecule has 9 nitrogen and oxygen atoms in total. The third-order valence-corrected chi connectivity index (χ3v) is 6.64. The number of alkyl halides is 3. The van der Waals surface area contributed by atoms with E-state index in [0.717, 1.165) is 50.0 Å². The Bertz CT molecular complexity index is 1360. The van der Waals surface area contributed by atoms with Crippen molar-refractivity contribution < 1.29 is 13.2 Å². The van der Waals surface area contributed by atoms with E-state index >= 15 is 0 Å². The molecule has 4 aromatic rings. The number of piperazine rings is 1. The number of rotatable bonds is 7. The van der Waals surface area contributed by atoms with Crippen LogP contribution in [0.5, 0.6) is 0 Å². The standard InChI is InChI=1S/C25H26F3N9/c26-25(27,28)21-5-3-17(12-29-21)32-23-11-19-20(14-31-23)34-24(33-19)35-22-6-4-18(13-30-22)37-9-7-36(8-10-37)15-16-1-2-16/h3-6,11-14,16H,1-2,7-10,15H2,(H,31,32)(H2,30,33,34,35). The van der Waals surface area contributed by atoms with Gasteiger partial charge in [0, 0.05) is 38.8 Å². The zero-order valence-corrected chi connectivity index (χ0v) is 20.0. The summed E-state index contributed by atoms with van der Waals surface area (Å²) in [4.78, 5) is 24.9. The van der Waals surface area contributed by atoms with Crippen molar-refractivity contribution in [3.63, 3.8) is 0 Å². The lowest BCUT2D eigenvalue weighted by atomic mass is 10.2. The fraction of sp³-hybridized carbons (Fsp3) is 0.360. The van der Waals surface area contributed by atoms with Crippen molar-refractivity contribution in [3.05, 3.63) is 54.6 Å². The van der Waals surface area contributed by atoms with Crippen molar-refractivity contribution in [1.29, 1.82) is 0 Å². The predicted octanol–water partition coefficient (Wildman–Crippen LogP) is 4.79. The smallest absolute Gasteiger partial charge is 0.368 e. The number of pyridine rings is 3. The van der Waals surface area contributed by atoms with E-state index in [1.807, 2.05) is 12.3 Å². The molecule has 4 aromatic heterocycles. The van der Waals surface area contributed by atoms with Crippen LogP contribution in [0.25, 0.3) is 11.0 Å². The summed E-state index contributed by atoms with van der Waals surface area (Å²) in [6, 6.07) is 7.93. The molecule has 192 valence electrons. The van der Waals surface area contributed by atoms with Crippen molar-refractivity contribution in [3.8, 4) is 0 Å².